The lowest BCUT2D eigenvalue weighted by Crippen LogP contribution is -2.40. The highest BCUT2D eigenvalue weighted by atomic mass is 16.3. The molecule has 23 heavy (non-hydrogen) atoms. The molecule has 1 aliphatic rings. The number of hydrogen-bond donors (Lipinski definition) is 1. The molecule has 0 aliphatic carbocycles. The van der Waals surface area contributed by atoms with Crippen molar-refractivity contribution in [3.05, 3.63) is 71.3 Å². The molecule has 0 saturated carbocycles. The number of amides is 2. The number of benzene rings is 3. The van der Waals surface area contributed by atoms with Crippen molar-refractivity contribution in [1.82, 2.24) is 0 Å². The summed E-state index contributed by atoms with van der Waals surface area (Å²) in [6.07, 6.45) is 0. The van der Waals surface area contributed by atoms with Crippen LogP contribution in [0, 0.1) is 6.92 Å². The second-order valence-corrected chi connectivity index (χ2v) is 5.63. The summed E-state index contributed by atoms with van der Waals surface area (Å²) in [5.74, 6) is -0.577. The van der Waals surface area contributed by atoms with Crippen LogP contribution in [0.1, 0.15) is 26.3 Å². The molecule has 1 aliphatic heterocycles. The lowest BCUT2D eigenvalue weighted by atomic mass is 9.93. The van der Waals surface area contributed by atoms with E-state index in [4.69, 9.17) is 0 Å². The van der Waals surface area contributed by atoms with Crippen LogP contribution in [0.5, 0.6) is 5.75 Å². The number of nitrogens with zero attached hydrogens (tertiary/aromatic N) is 1. The number of aryl methyl sites for hydroxylation is 1. The van der Waals surface area contributed by atoms with Crippen LogP contribution in [0.25, 0.3) is 10.8 Å². The van der Waals surface area contributed by atoms with Gasteiger partial charge in [0, 0.05) is 16.5 Å². The number of carbonyl (C=O) groups excluding carboxylic acids is 2. The Morgan fingerprint density at radius 1 is 0.870 bits per heavy atom. The smallest absolute Gasteiger partial charge is 0.265 e. The van der Waals surface area contributed by atoms with Gasteiger partial charge in [-0.15, -0.1) is 0 Å². The highest BCUT2D eigenvalue weighted by molar-refractivity contribution is 6.35. The Labute approximate surface area is 132 Å². The number of rotatable bonds is 1. The molecule has 1 N–H and O–H groups in total. The van der Waals surface area contributed by atoms with E-state index in [1.54, 1.807) is 25.1 Å². The van der Waals surface area contributed by atoms with Crippen molar-refractivity contribution in [2.75, 3.05) is 4.90 Å². The van der Waals surface area contributed by atoms with E-state index in [-0.39, 0.29) is 17.6 Å². The Bertz CT molecular complexity index is 940. The fourth-order valence-corrected chi connectivity index (χ4v) is 3.14. The van der Waals surface area contributed by atoms with E-state index >= 15 is 0 Å². The number of phenolic OH excluding ortho intramolecular Hbond substituents is 1. The number of anilines is 1. The summed E-state index contributed by atoms with van der Waals surface area (Å²) in [6, 6.07) is 15.5. The molecule has 0 spiro atoms. The standard InChI is InChI=1S/C19H13NO3/c1-11-10-13(21)8-9-16(11)20-18(22)14-6-2-4-12-5-3-7-15(17(12)14)19(20)23/h2-10,21H,1H3. The molecular formula is C19H13NO3. The third kappa shape index (κ3) is 1.85. The Hall–Kier alpha value is -3.14. The van der Waals surface area contributed by atoms with Gasteiger partial charge >= 0.3 is 0 Å². The van der Waals surface area contributed by atoms with Crippen molar-refractivity contribution in [1.29, 1.82) is 0 Å². The highest BCUT2D eigenvalue weighted by Crippen LogP contribution is 2.34. The van der Waals surface area contributed by atoms with Crippen LogP contribution in [-0.2, 0) is 0 Å². The van der Waals surface area contributed by atoms with Gasteiger partial charge in [-0.1, -0.05) is 24.3 Å². The van der Waals surface area contributed by atoms with Gasteiger partial charge in [0.25, 0.3) is 11.8 Å². The minimum atomic E-state index is -0.340. The van der Waals surface area contributed by atoms with Gasteiger partial charge in [-0.3, -0.25) is 9.59 Å². The summed E-state index contributed by atoms with van der Waals surface area (Å²) in [6.45, 7) is 1.76. The first-order chi connectivity index (χ1) is 11.1. The number of carbonyl (C=O) groups is 2. The van der Waals surface area contributed by atoms with E-state index in [9.17, 15) is 14.7 Å². The largest absolute Gasteiger partial charge is 0.508 e. The molecule has 4 nitrogen and oxygen atoms in total. The minimum absolute atomic E-state index is 0.102. The molecule has 0 fully saturated rings. The predicted molar refractivity (Wildman–Crippen MR) is 87.9 cm³/mol. The van der Waals surface area contributed by atoms with E-state index in [2.05, 4.69) is 0 Å². The van der Waals surface area contributed by atoms with Gasteiger partial charge in [-0.05, 0) is 48.2 Å². The van der Waals surface area contributed by atoms with Crippen LogP contribution in [-0.4, -0.2) is 16.9 Å². The molecule has 1 heterocycles. The van der Waals surface area contributed by atoms with E-state index in [0.717, 1.165) is 5.39 Å². The normalized spacial score (nSPS) is 13.7. The lowest BCUT2D eigenvalue weighted by Gasteiger charge is -2.28. The van der Waals surface area contributed by atoms with E-state index in [0.29, 0.717) is 27.8 Å². The van der Waals surface area contributed by atoms with Gasteiger partial charge in [0.2, 0.25) is 0 Å². The van der Waals surface area contributed by atoms with Gasteiger partial charge in [-0.2, -0.15) is 0 Å². The van der Waals surface area contributed by atoms with Crippen LogP contribution in [0.3, 0.4) is 0 Å². The maximum atomic E-state index is 12.9. The molecule has 112 valence electrons. The average molecular weight is 303 g/mol. The number of phenols is 1. The molecular weight excluding hydrogens is 290 g/mol. The summed E-state index contributed by atoms with van der Waals surface area (Å²) in [7, 11) is 0. The number of imide groups is 1. The minimum Gasteiger partial charge on any atom is -0.508 e. The van der Waals surface area contributed by atoms with E-state index in [1.807, 2.05) is 24.3 Å². The van der Waals surface area contributed by atoms with Crippen LogP contribution < -0.4 is 4.90 Å². The van der Waals surface area contributed by atoms with Gasteiger partial charge in [0.15, 0.2) is 0 Å². The van der Waals surface area contributed by atoms with Gasteiger partial charge in [0.1, 0.15) is 5.75 Å². The first-order valence-electron chi connectivity index (χ1n) is 7.28. The van der Waals surface area contributed by atoms with Crippen molar-refractivity contribution in [3.8, 4) is 5.75 Å². The molecule has 0 atom stereocenters. The second kappa shape index (κ2) is 4.68. The van der Waals surface area contributed by atoms with Crippen molar-refractivity contribution in [2.45, 2.75) is 6.92 Å². The molecule has 4 rings (SSSR count). The SMILES string of the molecule is Cc1cc(O)ccc1N1C(=O)c2cccc3cccc(c23)C1=O. The van der Waals surface area contributed by atoms with Crippen molar-refractivity contribution in [3.63, 3.8) is 0 Å². The van der Waals surface area contributed by atoms with Crippen LogP contribution >= 0.6 is 0 Å². The topological polar surface area (TPSA) is 57.6 Å². The average Bonchev–Trinajstić information content (AvgIpc) is 2.54. The Kier molecular flexibility index (Phi) is 2.75. The molecule has 0 unspecified atom stereocenters. The zero-order valence-corrected chi connectivity index (χ0v) is 12.4. The van der Waals surface area contributed by atoms with Crippen molar-refractivity contribution >= 4 is 28.3 Å². The summed E-state index contributed by atoms with van der Waals surface area (Å²) in [5, 5.41) is 11.1. The molecule has 4 heteroatoms. The van der Waals surface area contributed by atoms with Crippen molar-refractivity contribution < 1.29 is 14.7 Å². The predicted octanol–water partition coefficient (Wildman–Crippen LogP) is 3.65. The molecule has 2 amide bonds. The molecule has 0 saturated heterocycles. The Morgan fingerprint density at radius 3 is 2.04 bits per heavy atom. The first-order valence-corrected chi connectivity index (χ1v) is 7.28. The van der Waals surface area contributed by atoms with Crippen molar-refractivity contribution in [2.24, 2.45) is 0 Å². The first kappa shape index (κ1) is 13.5. The van der Waals surface area contributed by atoms with Gasteiger partial charge in [0.05, 0.1) is 5.69 Å². The van der Waals surface area contributed by atoms with Gasteiger partial charge in [-0.25, -0.2) is 4.90 Å². The van der Waals surface area contributed by atoms with E-state index < -0.39 is 0 Å². The van der Waals surface area contributed by atoms with Gasteiger partial charge < -0.3 is 5.11 Å². The molecule has 3 aromatic carbocycles. The summed E-state index contributed by atoms with van der Waals surface area (Å²) in [4.78, 5) is 27.0. The molecule has 0 radical (unpaired) electrons. The zero-order valence-electron chi connectivity index (χ0n) is 12.4. The fourth-order valence-electron chi connectivity index (χ4n) is 3.14. The third-order valence-corrected chi connectivity index (χ3v) is 4.19. The number of aromatic hydroxyl groups is 1. The molecule has 0 aromatic heterocycles. The summed E-state index contributed by atoms with van der Waals surface area (Å²) >= 11 is 0. The Morgan fingerprint density at radius 2 is 1.48 bits per heavy atom. The summed E-state index contributed by atoms with van der Waals surface area (Å²) in [5.41, 5.74) is 2.19. The van der Waals surface area contributed by atoms with Crippen LogP contribution in [0.2, 0.25) is 0 Å². The van der Waals surface area contributed by atoms with Crippen LogP contribution in [0.4, 0.5) is 5.69 Å². The van der Waals surface area contributed by atoms with Crippen LogP contribution in [0.15, 0.2) is 54.6 Å². The monoisotopic (exact) mass is 303 g/mol. The maximum Gasteiger partial charge on any atom is 0.265 e. The quantitative estimate of drug-likeness (QED) is 0.698. The molecule has 3 aromatic rings. The highest BCUT2D eigenvalue weighted by Gasteiger charge is 2.34. The second-order valence-electron chi connectivity index (χ2n) is 5.63. The lowest BCUT2D eigenvalue weighted by molar-refractivity contribution is 0.0893. The maximum absolute atomic E-state index is 12.9. The third-order valence-electron chi connectivity index (χ3n) is 4.19. The summed E-state index contributed by atoms with van der Waals surface area (Å²) < 4.78 is 0. The van der Waals surface area contributed by atoms with E-state index in [1.165, 1.54) is 17.0 Å². The molecule has 0 bridgehead atoms. The zero-order chi connectivity index (χ0) is 16.1. The fraction of sp³-hybridized carbons (Fsp3) is 0.0526. The number of hydrogen-bond acceptors (Lipinski definition) is 3. The Balaban J connectivity index is 1.99.